The second kappa shape index (κ2) is 7.04. The van der Waals surface area contributed by atoms with E-state index < -0.39 is 11.4 Å². The smallest absolute Gasteiger partial charge is 0.136 e. The summed E-state index contributed by atoms with van der Waals surface area (Å²) in [7, 11) is 0. The first-order valence-corrected chi connectivity index (χ1v) is 11.6. The van der Waals surface area contributed by atoms with Gasteiger partial charge in [-0.1, -0.05) is 0 Å². The van der Waals surface area contributed by atoms with E-state index >= 15 is 0 Å². The van der Waals surface area contributed by atoms with E-state index in [1.807, 2.05) is 20.8 Å². The van der Waals surface area contributed by atoms with E-state index in [4.69, 9.17) is 0 Å². The van der Waals surface area contributed by atoms with E-state index in [1.165, 1.54) is 5.69 Å². The summed E-state index contributed by atoms with van der Waals surface area (Å²) >= 11 is 1.12. The fraction of sp³-hybridized carbons (Fsp3) is 0.789. The molecule has 7 heteroatoms. The normalized spacial score (nSPS) is 32.0. The van der Waals surface area contributed by atoms with Crippen LogP contribution < -0.4 is 4.72 Å². The summed E-state index contributed by atoms with van der Waals surface area (Å²) in [5, 5.41) is 4.65. The monoisotopic (exact) mass is 491 g/mol. The Balaban J connectivity index is 1.77. The van der Waals surface area contributed by atoms with Crippen LogP contribution >= 0.6 is 22.6 Å². The van der Waals surface area contributed by atoms with Gasteiger partial charge in [0.15, 0.2) is 0 Å². The van der Waals surface area contributed by atoms with Crippen LogP contribution in [0, 0.1) is 15.5 Å². The molecule has 146 valence electrons. The maximum Gasteiger partial charge on any atom is 0.136 e. The van der Waals surface area contributed by atoms with Gasteiger partial charge in [0.1, 0.15) is 14.2 Å². The van der Waals surface area contributed by atoms with Crippen molar-refractivity contribution in [1.29, 1.82) is 0 Å². The fourth-order valence-corrected chi connectivity index (χ4v) is 6.05. The first-order valence-electron chi connectivity index (χ1n) is 9.37. The van der Waals surface area contributed by atoms with Gasteiger partial charge in [-0.2, -0.15) is 5.10 Å². The number of carbonyl (C=O) groups is 1. The number of aromatic nitrogens is 2. The van der Waals surface area contributed by atoms with E-state index in [1.54, 1.807) is 6.92 Å². The van der Waals surface area contributed by atoms with Gasteiger partial charge < -0.3 is 4.55 Å². The van der Waals surface area contributed by atoms with Crippen LogP contribution in [0.15, 0.2) is 6.07 Å². The van der Waals surface area contributed by atoms with Gasteiger partial charge in [-0.15, -0.1) is 4.72 Å². The number of fused-ring (bicyclic) bond motifs is 1. The van der Waals surface area contributed by atoms with Gasteiger partial charge in [-0.25, -0.2) is 0 Å². The quantitative estimate of drug-likeness (QED) is 0.483. The minimum Gasteiger partial charge on any atom is -0.598 e. The average molecular weight is 491 g/mol. The Hall–Kier alpha value is -0.120. The van der Waals surface area contributed by atoms with Crippen molar-refractivity contribution in [2.45, 2.75) is 83.1 Å². The highest BCUT2D eigenvalue weighted by molar-refractivity contribution is 14.1. The maximum absolute atomic E-state index is 12.7. The van der Waals surface area contributed by atoms with Gasteiger partial charge in [0.05, 0.1) is 5.54 Å². The van der Waals surface area contributed by atoms with Crippen molar-refractivity contribution in [2.75, 3.05) is 0 Å². The Kier molecular flexibility index (Phi) is 5.58. The molecule has 5 atom stereocenters. The number of nitrogens with zero attached hydrogens (tertiary/aromatic N) is 2. The molecule has 1 heterocycles. The lowest BCUT2D eigenvalue weighted by molar-refractivity contribution is -0.118. The Morgan fingerprint density at radius 3 is 2.50 bits per heavy atom. The van der Waals surface area contributed by atoms with Crippen molar-refractivity contribution < 1.29 is 9.35 Å². The predicted molar refractivity (Wildman–Crippen MR) is 113 cm³/mol. The molecule has 2 aliphatic carbocycles. The van der Waals surface area contributed by atoms with Gasteiger partial charge in [0.2, 0.25) is 0 Å². The number of ketones is 1. The number of hydrogen-bond acceptors (Lipinski definition) is 4. The molecule has 1 N–H and O–H groups in total. The molecule has 5 nitrogen and oxygen atoms in total. The molecule has 0 radical (unpaired) electrons. The number of halogens is 1. The topological polar surface area (TPSA) is 70.0 Å². The van der Waals surface area contributed by atoms with E-state index in [-0.39, 0.29) is 16.1 Å². The molecule has 0 saturated heterocycles. The van der Waals surface area contributed by atoms with Crippen LogP contribution in [0.2, 0.25) is 0 Å². The molecule has 0 amide bonds. The second-order valence-corrected chi connectivity index (χ2v) is 12.4. The summed E-state index contributed by atoms with van der Waals surface area (Å²) < 4.78 is 18.9. The van der Waals surface area contributed by atoms with Crippen LogP contribution in [0.25, 0.3) is 0 Å². The molecule has 0 aliphatic heterocycles. The molecule has 2 saturated carbocycles. The Bertz CT molecular complexity index is 685. The van der Waals surface area contributed by atoms with Crippen LogP contribution in [0.3, 0.4) is 0 Å². The summed E-state index contributed by atoms with van der Waals surface area (Å²) in [5.41, 5.74) is 1.01. The first kappa shape index (κ1) is 20.6. The van der Waals surface area contributed by atoms with Gasteiger partial charge in [0, 0.05) is 35.4 Å². The van der Waals surface area contributed by atoms with Gasteiger partial charge in [-0.3, -0.25) is 9.48 Å². The van der Waals surface area contributed by atoms with Crippen molar-refractivity contribution in [1.82, 2.24) is 14.5 Å². The molecule has 26 heavy (non-hydrogen) atoms. The third kappa shape index (κ3) is 4.00. The summed E-state index contributed by atoms with van der Waals surface area (Å²) in [6.07, 6.45) is 2.31. The molecule has 0 unspecified atom stereocenters. The van der Waals surface area contributed by atoms with Crippen molar-refractivity contribution in [3.8, 4) is 0 Å². The highest BCUT2D eigenvalue weighted by Crippen LogP contribution is 2.66. The van der Waals surface area contributed by atoms with Gasteiger partial charge >= 0.3 is 0 Å². The molecule has 0 bridgehead atoms. The molecule has 1 aromatic rings. The standard InChI is InChI=1S/C19H30IN3O2S/c1-11(2)23-15(7-16(20)21-23)17-13-9-19(8-12(3)24,10-14(13)17)22-26(25)18(4,5)6/h7,11,13-14,17,22H,8-10H2,1-6H3/t13-,14+,17+,19+,26-/m0/s1. The summed E-state index contributed by atoms with van der Waals surface area (Å²) in [6.45, 7) is 11.9. The largest absolute Gasteiger partial charge is 0.598 e. The van der Waals surface area contributed by atoms with Crippen molar-refractivity contribution in [3.05, 3.63) is 15.5 Å². The average Bonchev–Trinajstić information content (AvgIpc) is 2.82. The van der Waals surface area contributed by atoms with E-state index in [0.29, 0.717) is 30.2 Å². The Labute approximate surface area is 173 Å². The zero-order chi connectivity index (χ0) is 19.4. The second-order valence-electron chi connectivity index (χ2n) is 9.33. The number of nitrogens with one attached hydrogen (secondary N) is 1. The molecule has 0 aromatic carbocycles. The highest BCUT2D eigenvalue weighted by Gasteiger charge is 2.64. The van der Waals surface area contributed by atoms with Crippen LogP contribution in [-0.2, 0) is 16.2 Å². The third-order valence-corrected chi connectivity index (χ3v) is 7.86. The Morgan fingerprint density at radius 2 is 2.04 bits per heavy atom. The lowest BCUT2D eigenvalue weighted by Crippen LogP contribution is -2.53. The number of hydrogen-bond donors (Lipinski definition) is 1. The number of Topliss-reactive ketones (excluding diaryl/α,β-unsaturated/α-hetero) is 1. The number of rotatable bonds is 6. The predicted octanol–water partition coefficient (Wildman–Crippen LogP) is 3.96. The maximum atomic E-state index is 12.7. The summed E-state index contributed by atoms with van der Waals surface area (Å²) in [6, 6.07) is 2.56. The SMILES string of the molecule is CC(=O)C[C@]1(N[S@@+]([O-])C(C)(C)C)C[C@@H]2[C@H](C1)[C@H]2c1cc(I)nn1C(C)C. The van der Waals surface area contributed by atoms with Crippen molar-refractivity contribution >= 4 is 39.7 Å². The zero-order valence-electron chi connectivity index (χ0n) is 16.5. The van der Waals surface area contributed by atoms with Crippen LogP contribution in [0.5, 0.6) is 0 Å². The van der Waals surface area contributed by atoms with Gasteiger partial charge in [0.25, 0.3) is 0 Å². The van der Waals surface area contributed by atoms with E-state index in [0.717, 1.165) is 16.5 Å². The summed E-state index contributed by atoms with van der Waals surface area (Å²) in [4.78, 5) is 11.9. The lowest BCUT2D eigenvalue weighted by atomic mass is 9.86. The molecule has 2 aliphatic rings. The van der Waals surface area contributed by atoms with Crippen molar-refractivity contribution in [3.63, 3.8) is 0 Å². The zero-order valence-corrected chi connectivity index (χ0v) is 19.5. The molecule has 3 rings (SSSR count). The highest BCUT2D eigenvalue weighted by atomic mass is 127. The molecule has 2 fully saturated rings. The summed E-state index contributed by atoms with van der Waals surface area (Å²) in [5.74, 6) is 1.81. The van der Waals surface area contributed by atoms with Gasteiger partial charge in [-0.05, 0) is 94.9 Å². The third-order valence-electron chi connectivity index (χ3n) is 5.60. The fourth-order valence-electron chi connectivity index (χ4n) is 4.56. The minimum atomic E-state index is -1.16. The van der Waals surface area contributed by atoms with E-state index in [9.17, 15) is 9.35 Å². The minimum absolute atomic E-state index is 0.169. The first-order chi connectivity index (χ1) is 11.9. The molecule has 0 spiro atoms. The van der Waals surface area contributed by atoms with E-state index in [2.05, 4.69) is 57.0 Å². The molecular weight excluding hydrogens is 461 g/mol. The lowest BCUT2D eigenvalue weighted by Gasteiger charge is -2.36. The van der Waals surface area contributed by atoms with Crippen molar-refractivity contribution in [2.24, 2.45) is 11.8 Å². The van der Waals surface area contributed by atoms with Crippen LogP contribution in [0.1, 0.15) is 78.5 Å². The molecular formula is C19H30IN3O2S. The number of carbonyl (C=O) groups excluding carboxylic acids is 1. The molecule has 1 aromatic heterocycles. The van der Waals surface area contributed by atoms with Crippen LogP contribution in [-0.4, -0.2) is 30.4 Å². The van der Waals surface area contributed by atoms with Crippen LogP contribution in [0.4, 0.5) is 0 Å². The Morgan fingerprint density at radius 1 is 1.46 bits per heavy atom.